The summed E-state index contributed by atoms with van der Waals surface area (Å²) in [5.41, 5.74) is 3.39. The zero-order valence-corrected chi connectivity index (χ0v) is 17.0. The highest BCUT2D eigenvalue weighted by atomic mass is 16.5. The number of likely N-dealkylation sites (N-methyl/N-ethyl adjacent to an activating group) is 1. The summed E-state index contributed by atoms with van der Waals surface area (Å²) in [5.74, 6) is 0.0942. The Morgan fingerprint density at radius 3 is 2.61 bits per heavy atom. The third-order valence-electron chi connectivity index (χ3n) is 5.31. The van der Waals surface area contributed by atoms with Gasteiger partial charge in [0.15, 0.2) is 0 Å². The Bertz CT molecular complexity index is 760. The van der Waals surface area contributed by atoms with Crippen LogP contribution < -0.4 is 4.90 Å². The molecule has 1 aliphatic rings. The molecule has 0 spiro atoms. The van der Waals surface area contributed by atoms with Crippen molar-refractivity contribution in [1.29, 1.82) is 0 Å². The summed E-state index contributed by atoms with van der Waals surface area (Å²) >= 11 is 0. The number of pyridine rings is 1. The van der Waals surface area contributed by atoms with Crippen LogP contribution in [0, 0.1) is 6.92 Å². The average molecular weight is 383 g/mol. The lowest BCUT2D eigenvalue weighted by Gasteiger charge is -2.37. The predicted octanol–water partition coefficient (Wildman–Crippen LogP) is 2.36. The molecule has 6 nitrogen and oxygen atoms in total. The van der Waals surface area contributed by atoms with Crippen molar-refractivity contribution in [2.75, 3.05) is 58.4 Å². The van der Waals surface area contributed by atoms with Crippen LogP contribution in [0.3, 0.4) is 0 Å². The zero-order chi connectivity index (χ0) is 19.9. The van der Waals surface area contributed by atoms with E-state index in [1.807, 2.05) is 25.2 Å². The number of methoxy groups -OCH3 is 1. The first-order valence-electron chi connectivity index (χ1n) is 9.78. The maximum atomic E-state index is 12.9. The highest BCUT2D eigenvalue weighted by Crippen LogP contribution is 2.20. The van der Waals surface area contributed by atoms with Crippen molar-refractivity contribution in [3.05, 3.63) is 59.9 Å². The van der Waals surface area contributed by atoms with Crippen LogP contribution in [0.15, 0.2) is 48.7 Å². The molecule has 1 aromatic carbocycles. The Morgan fingerprint density at radius 2 is 1.96 bits per heavy atom. The van der Waals surface area contributed by atoms with Gasteiger partial charge in [-0.2, -0.15) is 0 Å². The quantitative estimate of drug-likeness (QED) is 0.736. The standard InChI is InChI=1S/C22H30N4O2/c1-18-7-6-8-19(15-18)26-13-11-25(12-14-26)16-22(27)24(2)21(17-28-3)20-9-4-5-10-23-20/h4-10,15,21H,11-14,16-17H2,1-3H3. The maximum absolute atomic E-state index is 12.9. The van der Waals surface area contributed by atoms with E-state index in [2.05, 4.69) is 46.0 Å². The molecule has 1 amide bonds. The first-order chi connectivity index (χ1) is 13.6. The van der Waals surface area contributed by atoms with E-state index in [0.29, 0.717) is 13.2 Å². The number of benzene rings is 1. The number of amides is 1. The minimum Gasteiger partial charge on any atom is -0.382 e. The summed E-state index contributed by atoms with van der Waals surface area (Å²) in [6, 6.07) is 14.2. The fourth-order valence-electron chi connectivity index (χ4n) is 3.59. The van der Waals surface area contributed by atoms with Crippen molar-refractivity contribution < 1.29 is 9.53 Å². The van der Waals surface area contributed by atoms with E-state index in [9.17, 15) is 4.79 Å². The molecule has 1 aliphatic heterocycles. The van der Waals surface area contributed by atoms with Gasteiger partial charge >= 0.3 is 0 Å². The van der Waals surface area contributed by atoms with Crippen LogP contribution in [-0.2, 0) is 9.53 Å². The lowest BCUT2D eigenvalue weighted by Crippen LogP contribution is -2.50. The highest BCUT2D eigenvalue weighted by Gasteiger charge is 2.26. The molecule has 0 radical (unpaired) electrons. The summed E-state index contributed by atoms with van der Waals surface area (Å²) < 4.78 is 5.34. The van der Waals surface area contributed by atoms with Gasteiger partial charge in [-0.15, -0.1) is 0 Å². The van der Waals surface area contributed by atoms with Crippen LogP contribution in [0.1, 0.15) is 17.3 Å². The van der Waals surface area contributed by atoms with Gasteiger partial charge in [-0.1, -0.05) is 18.2 Å². The van der Waals surface area contributed by atoms with Crippen molar-refractivity contribution in [3.8, 4) is 0 Å². The zero-order valence-electron chi connectivity index (χ0n) is 17.0. The maximum Gasteiger partial charge on any atom is 0.237 e. The van der Waals surface area contributed by atoms with Gasteiger partial charge in [-0.05, 0) is 36.8 Å². The van der Waals surface area contributed by atoms with Crippen molar-refractivity contribution >= 4 is 11.6 Å². The van der Waals surface area contributed by atoms with Crippen molar-refractivity contribution in [2.45, 2.75) is 13.0 Å². The fraction of sp³-hybridized carbons (Fsp3) is 0.455. The van der Waals surface area contributed by atoms with Crippen LogP contribution >= 0.6 is 0 Å². The number of hydrogen-bond acceptors (Lipinski definition) is 5. The number of carbonyl (C=O) groups is 1. The molecule has 0 N–H and O–H groups in total. The number of aromatic nitrogens is 1. The molecule has 150 valence electrons. The minimum atomic E-state index is -0.174. The molecular weight excluding hydrogens is 352 g/mol. The van der Waals surface area contributed by atoms with Gasteiger partial charge in [0.1, 0.15) is 0 Å². The van der Waals surface area contributed by atoms with E-state index in [0.717, 1.165) is 31.9 Å². The molecule has 2 heterocycles. The molecule has 1 fully saturated rings. The highest BCUT2D eigenvalue weighted by molar-refractivity contribution is 5.78. The van der Waals surface area contributed by atoms with E-state index in [4.69, 9.17) is 4.74 Å². The van der Waals surface area contributed by atoms with Gasteiger partial charge in [0.2, 0.25) is 5.91 Å². The van der Waals surface area contributed by atoms with Crippen molar-refractivity contribution in [3.63, 3.8) is 0 Å². The third kappa shape index (κ3) is 5.09. The molecule has 0 bridgehead atoms. The largest absolute Gasteiger partial charge is 0.382 e. The molecule has 1 atom stereocenters. The van der Waals surface area contributed by atoms with Gasteiger partial charge in [0.25, 0.3) is 0 Å². The third-order valence-corrected chi connectivity index (χ3v) is 5.31. The van der Waals surface area contributed by atoms with E-state index >= 15 is 0 Å². The van der Waals surface area contributed by atoms with Gasteiger partial charge in [-0.3, -0.25) is 14.7 Å². The van der Waals surface area contributed by atoms with Gasteiger partial charge in [0.05, 0.1) is 24.9 Å². The molecule has 1 aromatic heterocycles. The number of anilines is 1. The lowest BCUT2D eigenvalue weighted by atomic mass is 10.1. The summed E-state index contributed by atoms with van der Waals surface area (Å²) in [7, 11) is 3.49. The minimum absolute atomic E-state index is 0.0942. The predicted molar refractivity (Wildman–Crippen MR) is 111 cm³/mol. The van der Waals surface area contributed by atoms with Gasteiger partial charge in [-0.25, -0.2) is 0 Å². The summed E-state index contributed by atoms with van der Waals surface area (Å²) in [4.78, 5) is 23.7. The Kier molecular flexibility index (Phi) is 7.01. The Morgan fingerprint density at radius 1 is 1.18 bits per heavy atom. The molecule has 1 unspecified atom stereocenters. The summed E-state index contributed by atoms with van der Waals surface area (Å²) in [6.07, 6.45) is 1.75. The van der Waals surface area contributed by atoms with Crippen LogP contribution in [-0.4, -0.2) is 74.2 Å². The van der Waals surface area contributed by atoms with E-state index in [-0.39, 0.29) is 11.9 Å². The number of hydrogen-bond donors (Lipinski definition) is 0. The lowest BCUT2D eigenvalue weighted by molar-refractivity contribution is -0.134. The smallest absolute Gasteiger partial charge is 0.237 e. The second-order valence-electron chi connectivity index (χ2n) is 7.33. The monoisotopic (exact) mass is 382 g/mol. The second-order valence-corrected chi connectivity index (χ2v) is 7.33. The molecular formula is C22H30N4O2. The van der Waals surface area contributed by atoms with Crippen LogP contribution in [0.5, 0.6) is 0 Å². The van der Waals surface area contributed by atoms with Crippen LogP contribution in [0.25, 0.3) is 0 Å². The fourth-order valence-corrected chi connectivity index (χ4v) is 3.59. The topological polar surface area (TPSA) is 48.9 Å². The number of carbonyl (C=O) groups excluding carboxylic acids is 1. The SMILES string of the molecule is COCC(c1ccccn1)N(C)C(=O)CN1CCN(c2cccc(C)c2)CC1. The van der Waals surface area contributed by atoms with Crippen molar-refractivity contribution in [2.24, 2.45) is 0 Å². The number of aryl methyl sites for hydroxylation is 1. The molecule has 0 saturated carbocycles. The number of ether oxygens (including phenoxy) is 1. The van der Waals surface area contributed by atoms with Gasteiger partial charge < -0.3 is 14.5 Å². The Hall–Kier alpha value is -2.44. The molecule has 3 rings (SSSR count). The van der Waals surface area contributed by atoms with E-state index in [1.165, 1.54) is 11.3 Å². The molecule has 0 aliphatic carbocycles. The Balaban J connectivity index is 1.56. The van der Waals surface area contributed by atoms with E-state index < -0.39 is 0 Å². The molecule has 28 heavy (non-hydrogen) atoms. The molecule has 6 heteroatoms. The first kappa shape index (κ1) is 20.3. The van der Waals surface area contributed by atoms with Crippen LogP contribution in [0.2, 0.25) is 0 Å². The number of piperazine rings is 1. The normalized spacial score (nSPS) is 16.0. The van der Waals surface area contributed by atoms with Crippen molar-refractivity contribution in [1.82, 2.24) is 14.8 Å². The number of nitrogens with zero attached hydrogens (tertiary/aromatic N) is 4. The number of rotatable bonds is 7. The summed E-state index contributed by atoms with van der Waals surface area (Å²) in [6.45, 7) is 6.60. The Labute approximate surface area is 167 Å². The first-order valence-corrected chi connectivity index (χ1v) is 9.78. The van der Waals surface area contributed by atoms with Crippen LogP contribution in [0.4, 0.5) is 5.69 Å². The average Bonchev–Trinajstić information content (AvgIpc) is 2.72. The molecule has 1 saturated heterocycles. The van der Waals surface area contributed by atoms with E-state index in [1.54, 1.807) is 18.2 Å². The summed E-state index contributed by atoms with van der Waals surface area (Å²) in [5, 5.41) is 0. The molecule has 2 aromatic rings. The second kappa shape index (κ2) is 9.66. The van der Waals surface area contributed by atoms with Gasteiger partial charge in [0, 0.05) is 52.2 Å².